The van der Waals surface area contributed by atoms with E-state index in [2.05, 4.69) is 51.4 Å². The number of aromatic nitrogens is 1. The number of piperazine rings is 1. The predicted molar refractivity (Wildman–Crippen MR) is 93.6 cm³/mol. The highest BCUT2D eigenvalue weighted by atomic mass is 32.1. The minimum atomic E-state index is 0.0413. The van der Waals surface area contributed by atoms with Gasteiger partial charge in [0.15, 0.2) is 0 Å². The summed E-state index contributed by atoms with van der Waals surface area (Å²) in [6.07, 6.45) is 0. The smallest absolute Gasteiger partial charge is 0.317 e. The average Bonchev–Trinajstić information content (AvgIpc) is 3.17. The zero-order valence-corrected chi connectivity index (χ0v) is 14.6. The Morgan fingerprint density at radius 3 is 2.61 bits per heavy atom. The SMILES string of the molecule is Cc1ccc(CNC(=O)N2CCN(Cc3cccs3)CC2)n1C. The number of urea groups is 1. The third-order valence-corrected chi connectivity index (χ3v) is 5.38. The van der Waals surface area contributed by atoms with Crippen LogP contribution in [0, 0.1) is 6.92 Å². The molecule has 0 radical (unpaired) electrons. The lowest BCUT2D eigenvalue weighted by molar-refractivity contribution is 0.135. The van der Waals surface area contributed by atoms with E-state index < -0.39 is 0 Å². The quantitative estimate of drug-likeness (QED) is 0.934. The van der Waals surface area contributed by atoms with Gasteiger partial charge in [0.25, 0.3) is 0 Å². The van der Waals surface area contributed by atoms with Crippen LogP contribution in [0.4, 0.5) is 4.79 Å². The van der Waals surface area contributed by atoms with Crippen molar-refractivity contribution in [3.8, 4) is 0 Å². The van der Waals surface area contributed by atoms with Crippen molar-refractivity contribution in [3.63, 3.8) is 0 Å². The third kappa shape index (κ3) is 3.95. The summed E-state index contributed by atoms with van der Waals surface area (Å²) in [6.45, 7) is 7.11. The molecule has 1 N–H and O–H groups in total. The first kappa shape index (κ1) is 16.1. The second-order valence-corrected chi connectivity index (χ2v) is 7.06. The minimum Gasteiger partial charge on any atom is -0.350 e. The fraction of sp³-hybridized carbons (Fsp3) is 0.471. The summed E-state index contributed by atoms with van der Waals surface area (Å²) < 4.78 is 2.11. The van der Waals surface area contributed by atoms with Crippen LogP contribution < -0.4 is 5.32 Å². The average molecular weight is 332 g/mol. The lowest BCUT2D eigenvalue weighted by atomic mass is 10.3. The van der Waals surface area contributed by atoms with Crippen molar-refractivity contribution >= 4 is 17.4 Å². The maximum atomic E-state index is 12.3. The summed E-state index contributed by atoms with van der Waals surface area (Å²) in [6, 6.07) is 8.44. The van der Waals surface area contributed by atoms with E-state index in [0.717, 1.165) is 38.4 Å². The molecule has 0 aliphatic carbocycles. The molecule has 6 heteroatoms. The molecule has 124 valence electrons. The minimum absolute atomic E-state index is 0.0413. The summed E-state index contributed by atoms with van der Waals surface area (Å²) in [5.74, 6) is 0. The number of amides is 2. The molecule has 1 fully saturated rings. The first-order valence-corrected chi connectivity index (χ1v) is 8.90. The summed E-state index contributed by atoms with van der Waals surface area (Å²) >= 11 is 1.80. The maximum Gasteiger partial charge on any atom is 0.317 e. The summed E-state index contributed by atoms with van der Waals surface area (Å²) in [7, 11) is 2.03. The summed E-state index contributed by atoms with van der Waals surface area (Å²) in [4.78, 5) is 18.0. The lowest BCUT2D eigenvalue weighted by Crippen LogP contribution is -2.51. The number of thiophene rings is 1. The molecule has 0 spiro atoms. The van der Waals surface area contributed by atoms with Crippen LogP contribution in [0.15, 0.2) is 29.6 Å². The molecule has 1 aliphatic rings. The largest absolute Gasteiger partial charge is 0.350 e. The van der Waals surface area contributed by atoms with Crippen molar-refractivity contribution in [2.24, 2.45) is 7.05 Å². The molecule has 2 aromatic rings. The summed E-state index contributed by atoms with van der Waals surface area (Å²) in [5, 5.41) is 5.15. The maximum absolute atomic E-state index is 12.3. The van der Waals surface area contributed by atoms with Crippen LogP contribution in [0.1, 0.15) is 16.3 Å². The van der Waals surface area contributed by atoms with Gasteiger partial charge < -0.3 is 14.8 Å². The molecule has 3 rings (SSSR count). The van der Waals surface area contributed by atoms with E-state index in [-0.39, 0.29) is 6.03 Å². The Morgan fingerprint density at radius 2 is 2.00 bits per heavy atom. The number of carbonyl (C=O) groups is 1. The van der Waals surface area contributed by atoms with E-state index in [1.807, 2.05) is 11.9 Å². The van der Waals surface area contributed by atoms with Crippen LogP contribution in [0.5, 0.6) is 0 Å². The van der Waals surface area contributed by atoms with E-state index in [9.17, 15) is 4.79 Å². The molecule has 23 heavy (non-hydrogen) atoms. The lowest BCUT2D eigenvalue weighted by Gasteiger charge is -2.34. The molecule has 2 amide bonds. The molecule has 0 unspecified atom stereocenters. The van der Waals surface area contributed by atoms with E-state index in [1.165, 1.54) is 10.6 Å². The van der Waals surface area contributed by atoms with Gasteiger partial charge in [-0.15, -0.1) is 11.3 Å². The summed E-state index contributed by atoms with van der Waals surface area (Å²) in [5.41, 5.74) is 2.34. The van der Waals surface area contributed by atoms with Gasteiger partial charge >= 0.3 is 6.03 Å². The molecule has 3 heterocycles. The molecule has 0 aromatic carbocycles. The number of carbonyl (C=O) groups excluding carboxylic acids is 1. The van der Waals surface area contributed by atoms with Gasteiger partial charge in [0.1, 0.15) is 0 Å². The van der Waals surface area contributed by atoms with Crippen LogP contribution in [-0.2, 0) is 20.1 Å². The van der Waals surface area contributed by atoms with Crippen LogP contribution in [0.3, 0.4) is 0 Å². The Kier molecular flexibility index (Phi) is 5.03. The Bertz CT molecular complexity index is 642. The van der Waals surface area contributed by atoms with Crippen LogP contribution in [0.2, 0.25) is 0 Å². The number of hydrogen-bond donors (Lipinski definition) is 1. The van der Waals surface area contributed by atoms with Gasteiger partial charge in [0, 0.05) is 56.0 Å². The van der Waals surface area contributed by atoms with Crippen molar-refractivity contribution < 1.29 is 4.79 Å². The van der Waals surface area contributed by atoms with E-state index in [1.54, 1.807) is 11.3 Å². The van der Waals surface area contributed by atoms with Crippen molar-refractivity contribution in [2.75, 3.05) is 26.2 Å². The fourth-order valence-corrected chi connectivity index (χ4v) is 3.60. The predicted octanol–water partition coefficient (Wildman–Crippen LogP) is 2.42. The molecule has 0 atom stereocenters. The molecular weight excluding hydrogens is 308 g/mol. The Morgan fingerprint density at radius 1 is 1.22 bits per heavy atom. The van der Waals surface area contributed by atoms with Gasteiger partial charge in [0.2, 0.25) is 0 Å². The van der Waals surface area contributed by atoms with Gasteiger partial charge in [-0.05, 0) is 30.5 Å². The second kappa shape index (κ2) is 7.19. The van der Waals surface area contributed by atoms with E-state index in [0.29, 0.717) is 6.54 Å². The Balaban J connectivity index is 1.44. The van der Waals surface area contributed by atoms with Crippen molar-refractivity contribution in [3.05, 3.63) is 45.9 Å². The highest BCUT2D eigenvalue weighted by Crippen LogP contribution is 2.13. The molecular formula is C17H24N4OS. The number of nitrogens with zero attached hydrogens (tertiary/aromatic N) is 3. The molecule has 2 aromatic heterocycles. The number of nitrogens with one attached hydrogen (secondary N) is 1. The van der Waals surface area contributed by atoms with Gasteiger partial charge in [-0.25, -0.2) is 4.79 Å². The first-order valence-electron chi connectivity index (χ1n) is 8.02. The molecule has 1 saturated heterocycles. The fourth-order valence-electron chi connectivity index (χ4n) is 2.85. The van der Waals surface area contributed by atoms with Crippen molar-refractivity contribution in [2.45, 2.75) is 20.0 Å². The van der Waals surface area contributed by atoms with Crippen LogP contribution in [0.25, 0.3) is 0 Å². The van der Waals surface area contributed by atoms with Gasteiger partial charge in [-0.2, -0.15) is 0 Å². The third-order valence-electron chi connectivity index (χ3n) is 4.52. The van der Waals surface area contributed by atoms with E-state index in [4.69, 9.17) is 0 Å². The Hall–Kier alpha value is -1.79. The normalized spacial score (nSPS) is 15.8. The standard InChI is InChI=1S/C17H24N4OS/c1-14-5-6-15(19(14)2)12-18-17(22)21-9-7-20(8-10-21)13-16-4-3-11-23-16/h3-6,11H,7-10,12-13H2,1-2H3,(H,18,22). The molecule has 1 aliphatic heterocycles. The van der Waals surface area contributed by atoms with Gasteiger partial charge in [0.05, 0.1) is 6.54 Å². The molecule has 0 saturated carbocycles. The topological polar surface area (TPSA) is 40.5 Å². The highest BCUT2D eigenvalue weighted by molar-refractivity contribution is 7.09. The Labute approximate surface area is 141 Å². The van der Waals surface area contributed by atoms with Crippen molar-refractivity contribution in [1.82, 2.24) is 19.7 Å². The highest BCUT2D eigenvalue weighted by Gasteiger charge is 2.21. The van der Waals surface area contributed by atoms with Gasteiger partial charge in [-0.1, -0.05) is 6.07 Å². The zero-order valence-electron chi connectivity index (χ0n) is 13.8. The van der Waals surface area contributed by atoms with Crippen LogP contribution in [-0.4, -0.2) is 46.6 Å². The number of hydrogen-bond acceptors (Lipinski definition) is 3. The van der Waals surface area contributed by atoms with Gasteiger partial charge in [-0.3, -0.25) is 4.90 Å². The zero-order chi connectivity index (χ0) is 16.2. The van der Waals surface area contributed by atoms with Crippen molar-refractivity contribution in [1.29, 1.82) is 0 Å². The number of rotatable bonds is 4. The monoisotopic (exact) mass is 332 g/mol. The van der Waals surface area contributed by atoms with Crippen LogP contribution >= 0.6 is 11.3 Å². The first-order chi connectivity index (χ1) is 11.1. The molecule has 0 bridgehead atoms. The van der Waals surface area contributed by atoms with E-state index >= 15 is 0 Å². The molecule has 5 nitrogen and oxygen atoms in total. The second-order valence-electron chi connectivity index (χ2n) is 6.03. The number of aryl methyl sites for hydroxylation is 1.